The smallest absolute Gasteiger partial charge is 0.328 e. The molecule has 2 aromatic heterocycles. The Balaban J connectivity index is 2.31. The van der Waals surface area contributed by atoms with Gasteiger partial charge in [-0.3, -0.25) is 14.3 Å². The molecule has 0 saturated carbocycles. The zero-order chi connectivity index (χ0) is 13.3. The molecule has 0 atom stereocenters. The summed E-state index contributed by atoms with van der Waals surface area (Å²) in [5, 5.41) is 7.74. The van der Waals surface area contributed by atoms with E-state index < -0.39 is 5.69 Å². The highest BCUT2D eigenvalue weighted by Crippen LogP contribution is 2.12. The van der Waals surface area contributed by atoms with Gasteiger partial charge >= 0.3 is 5.69 Å². The van der Waals surface area contributed by atoms with Crippen LogP contribution < -0.4 is 11.2 Å². The van der Waals surface area contributed by atoms with Crippen molar-refractivity contribution in [1.29, 1.82) is 0 Å². The number of aromatic nitrogens is 4. The van der Waals surface area contributed by atoms with Gasteiger partial charge in [0, 0.05) is 17.7 Å². The summed E-state index contributed by atoms with van der Waals surface area (Å²) >= 11 is 0. The molecular weight excluding hydrogens is 236 g/mol. The van der Waals surface area contributed by atoms with Gasteiger partial charge in [0.2, 0.25) is 11.8 Å². The molecule has 0 radical (unpaired) electrons. The van der Waals surface area contributed by atoms with Gasteiger partial charge in [-0.15, -0.1) is 10.2 Å². The number of nitrogens with one attached hydrogen (secondary N) is 1. The van der Waals surface area contributed by atoms with Gasteiger partial charge in [-0.2, -0.15) is 0 Å². The molecule has 0 amide bonds. The van der Waals surface area contributed by atoms with Crippen molar-refractivity contribution in [2.45, 2.75) is 33.2 Å². The molecule has 1 N–H and O–H groups in total. The van der Waals surface area contributed by atoms with E-state index in [9.17, 15) is 9.59 Å². The van der Waals surface area contributed by atoms with Crippen LogP contribution in [0.5, 0.6) is 0 Å². The molecule has 96 valence electrons. The van der Waals surface area contributed by atoms with Crippen molar-refractivity contribution in [3.63, 3.8) is 0 Å². The third kappa shape index (κ3) is 2.39. The van der Waals surface area contributed by atoms with E-state index in [0.717, 1.165) is 0 Å². The minimum atomic E-state index is -0.491. The highest BCUT2D eigenvalue weighted by Gasteiger charge is 2.11. The zero-order valence-corrected chi connectivity index (χ0v) is 10.4. The summed E-state index contributed by atoms with van der Waals surface area (Å²) in [4.78, 5) is 25.0. The maximum Gasteiger partial charge on any atom is 0.328 e. The molecule has 0 fully saturated rings. The van der Waals surface area contributed by atoms with Crippen LogP contribution >= 0.6 is 0 Å². The number of hydrogen-bond acceptors (Lipinski definition) is 5. The van der Waals surface area contributed by atoms with Crippen molar-refractivity contribution < 1.29 is 4.42 Å². The fourth-order valence-electron chi connectivity index (χ4n) is 1.45. The molecule has 0 bridgehead atoms. The van der Waals surface area contributed by atoms with Gasteiger partial charge in [0.15, 0.2) is 0 Å². The lowest BCUT2D eigenvalue weighted by Crippen LogP contribution is -2.31. The molecule has 0 aliphatic heterocycles. The van der Waals surface area contributed by atoms with Crippen molar-refractivity contribution in [1.82, 2.24) is 19.7 Å². The van der Waals surface area contributed by atoms with Gasteiger partial charge in [0.1, 0.15) is 6.54 Å². The molecule has 2 heterocycles. The Bertz CT molecular complexity index is 665. The van der Waals surface area contributed by atoms with E-state index in [-0.39, 0.29) is 18.0 Å². The summed E-state index contributed by atoms with van der Waals surface area (Å²) < 4.78 is 6.73. The van der Waals surface area contributed by atoms with Gasteiger partial charge in [0.05, 0.1) is 0 Å². The quantitative estimate of drug-likeness (QED) is 0.850. The maximum atomic E-state index is 11.6. The van der Waals surface area contributed by atoms with E-state index in [2.05, 4.69) is 15.2 Å². The van der Waals surface area contributed by atoms with Crippen LogP contribution in [0.2, 0.25) is 0 Å². The van der Waals surface area contributed by atoms with Gasteiger partial charge in [-0.25, -0.2) is 4.79 Å². The summed E-state index contributed by atoms with van der Waals surface area (Å²) in [6, 6.07) is 0. The van der Waals surface area contributed by atoms with Crippen LogP contribution in [0.1, 0.15) is 37.1 Å². The lowest BCUT2D eigenvalue weighted by Gasteiger charge is -2.02. The van der Waals surface area contributed by atoms with Gasteiger partial charge in [-0.05, 0) is 6.92 Å². The first-order valence-electron chi connectivity index (χ1n) is 5.60. The number of aromatic amines is 1. The van der Waals surface area contributed by atoms with Crippen molar-refractivity contribution in [2.75, 3.05) is 0 Å². The first-order chi connectivity index (χ1) is 8.47. The average Bonchev–Trinajstić information content (AvgIpc) is 2.74. The molecule has 7 heteroatoms. The minimum Gasteiger partial charge on any atom is -0.423 e. The molecule has 18 heavy (non-hydrogen) atoms. The van der Waals surface area contributed by atoms with E-state index in [1.165, 1.54) is 10.8 Å². The van der Waals surface area contributed by atoms with Gasteiger partial charge < -0.3 is 4.42 Å². The van der Waals surface area contributed by atoms with Crippen LogP contribution in [0.15, 0.2) is 20.2 Å². The summed E-state index contributed by atoms with van der Waals surface area (Å²) in [7, 11) is 0. The van der Waals surface area contributed by atoms with E-state index in [0.29, 0.717) is 17.3 Å². The summed E-state index contributed by atoms with van der Waals surface area (Å²) in [5.74, 6) is 1.01. The van der Waals surface area contributed by atoms with Crippen molar-refractivity contribution in [3.05, 3.63) is 44.4 Å². The van der Waals surface area contributed by atoms with E-state index >= 15 is 0 Å². The Kier molecular flexibility index (Phi) is 3.14. The van der Waals surface area contributed by atoms with Crippen LogP contribution in [0.4, 0.5) is 0 Å². The Hall–Kier alpha value is -2.18. The first kappa shape index (κ1) is 12.3. The maximum absolute atomic E-state index is 11.6. The van der Waals surface area contributed by atoms with Crippen LogP contribution in [0, 0.1) is 6.92 Å². The molecule has 0 aliphatic rings. The van der Waals surface area contributed by atoms with Gasteiger partial charge in [-0.1, -0.05) is 13.8 Å². The molecule has 0 spiro atoms. The second-order valence-electron chi connectivity index (χ2n) is 4.39. The fourth-order valence-corrected chi connectivity index (χ4v) is 1.45. The lowest BCUT2D eigenvalue weighted by molar-refractivity contribution is 0.419. The van der Waals surface area contributed by atoms with E-state index in [1.807, 2.05) is 13.8 Å². The van der Waals surface area contributed by atoms with Crippen molar-refractivity contribution >= 4 is 0 Å². The third-order valence-electron chi connectivity index (χ3n) is 2.47. The normalized spacial score (nSPS) is 11.1. The second-order valence-corrected chi connectivity index (χ2v) is 4.39. The molecule has 0 aromatic carbocycles. The Labute approximate surface area is 102 Å². The van der Waals surface area contributed by atoms with Crippen LogP contribution in [0.3, 0.4) is 0 Å². The molecule has 0 aliphatic carbocycles. The van der Waals surface area contributed by atoms with Crippen LogP contribution in [0.25, 0.3) is 0 Å². The fraction of sp³-hybridized carbons (Fsp3) is 0.455. The Morgan fingerprint density at radius 3 is 2.72 bits per heavy atom. The number of nitrogens with zero attached hydrogens (tertiary/aromatic N) is 3. The zero-order valence-electron chi connectivity index (χ0n) is 10.4. The minimum absolute atomic E-state index is 0.139. The Morgan fingerprint density at radius 1 is 1.39 bits per heavy atom. The van der Waals surface area contributed by atoms with Crippen LogP contribution in [-0.4, -0.2) is 19.7 Å². The summed E-state index contributed by atoms with van der Waals surface area (Å²) in [6.07, 6.45) is 1.47. The molecule has 0 unspecified atom stereocenters. The standard InChI is InChI=1S/C11H14N4O3/c1-6(2)10-14-13-8(18-10)5-15-4-7(3)9(16)12-11(15)17/h4,6H,5H2,1-3H3,(H,12,16,17). The number of H-pyrrole nitrogens is 1. The number of rotatable bonds is 3. The summed E-state index contributed by atoms with van der Waals surface area (Å²) in [5.41, 5.74) is -0.419. The molecular formula is C11H14N4O3. The predicted molar refractivity (Wildman–Crippen MR) is 63.5 cm³/mol. The Morgan fingerprint density at radius 2 is 2.11 bits per heavy atom. The van der Waals surface area contributed by atoms with Crippen molar-refractivity contribution in [3.8, 4) is 0 Å². The summed E-state index contributed by atoms with van der Waals surface area (Å²) in [6.45, 7) is 5.65. The third-order valence-corrected chi connectivity index (χ3v) is 2.47. The van der Waals surface area contributed by atoms with E-state index in [1.54, 1.807) is 6.92 Å². The highest BCUT2D eigenvalue weighted by atomic mass is 16.4. The monoisotopic (exact) mass is 250 g/mol. The van der Waals surface area contributed by atoms with Crippen LogP contribution in [-0.2, 0) is 6.54 Å². The van der Waals surface area contributed by atoms with Gasteiger partial charge in [0.25, 0.3) is 5.56 Å². The van der Waals surface area contributed by atoms with E-state index in [4.69, 9.17) is 4.42 Å². The lowest BCUT2D eigenvalue weighted by atomic mass is 10.2. The molecule has 2 aromatic rings. The highest BCUT2D eigenvalue weighted by molar-refractivity contribution is 5.01. The predicted octanol–water partition coefficient (Wildman–Crippen LogP) is 0.400. The number of hydrogen-bond donors (Lipinski definition) is 1. The largest absolute Gasteiger partial charge is 0.423 e. The molecule has 2 rings (SSSR count). The molecule has 0 saturated heterocycles. The molecule has 7 nitrogen and oxygen atoms in total. The number of aryl methyl sites for hydroxylation is 1. The van der Waals surface area contributed by atoms with Crippen molar-refractivity contribution in [2.24, 2.45) is 0 Å². The average molecular weight is 250 g/mol. The topological polar surface area (TPSA) is 93.8 Å². The SMILES string of the molecule is Cc1cn(Cc2nnc(C(C)C)o2)c(=O)[nH]c1=O. The second kappa shape index (κ2) is 4.59. The first-order valence-corrected chi connectivity index (χ1v) is 5.60.